The number of nitrogens with one attached hydrogen (secondary N) is 3. The Morgan fingerprint density at radius 3 is 2.77 bits per heavy atom. The lowest BCUT2D eigenvalue weighted by Gasteiger charge is -2.08. The van der Waals surface area contributed by atoms with E-state index in [0.717, 1.165) is 0 Å². The average molecular weight is 416 g/mol. The van der Waals surface area contributed by atoms with Gasteiger partial charge in [0, 0.05) is 38.7 Å². The van der Waals surface area contributed by atoms with Crippen molar-refractivity contribution in [2.24, 2.45) is 5.73 Å². The molecular weight excluding hydrogens is 390 g/mol. The van der Waals surface area contributed by atoms with Crippen LogP contribution in [0.15, 0.2) is 30.5 Å². The van der Waals surface area contributed by atoms with Crippen LogP contribution < -0.4 is 21.7 Å². The third-order valence-electron chi connectivity index (χ3n) is 4.09. The summed E-state index contributed by atoms with van der Waals surface area (Å²) in [6, 6.07) is 5.89. The van der Waals surface area contributed by atoms with E-state index < -0.39 is 6.17 Å². The molecule has 160 valence electrons. The Morgan fingerprint density at radius 1 is 1.30 bits per heavy atom. The van der Waals surface area contributed by atoms with Gasteiger partial charge in [-0.1, -0.05) is 11.8 Å². The van der Waals surface area contributed by atoms with Crippen molar-refractivity contribution < 1.29 is 13.6 Å². The molecule has 2 rings (SSSR count). The molecule has 0 bridgehead atoms. The number of carbonyl (C=O) groups excluding carboxylic acids is 1. The number of carbonyl (C=O) groups is 1. The quantitative estimate of drug-likeness (QED) is 0.351. The summed E-state index contributed by atoms with van der Waals surface area (Å²) in [5.74, 6) is 6.46. The zero-order chi connectivity index (χ0) is 21.8. The second kappa shape index (κ2) is 12.3. The number of nitrogens with two attached hydrogens (primary N) is 1. The summed E-state index contributed by atoms with van der Waals surface area (Å²) in [6.07, 6.45) is 1.99. The second-order valence-corrected chi connectivity index (χ2v) is 6.46. The first-order valence-electron chi connectivity index (χ1n) is 9.69. The van der Waals surface area contributed by atoms with Crippen molar-refractivity contribution in [3.8, 4) is 11.8 Å². The van der Waals surface area contributed by atoms with E-state index in [1.165, 1.54) is 12.1 Å². The van der Waals surface area contributed by atoms with Gasteiger partial charge in [-0.25, -0.2) is 13.8 Å². The minimum Gasteiger partial charge on any atom is -0.372 e. The van der Waals surface area contributed by atoms with Gasteiger partial charge < -0.3 is 21.7 Å². The molecule has 1 aromatic carbocycles. The number of rotatable bonds is 10. The summed E-state index contributed by atoms with van der Waals surface area (Å²) in [6.45, 7) is 0.410. The molecule has 9 heteroatoms. The van der Waals surface area contributed by atoms with Crippen LogP contribution in [0.25, 0.3) is 0 Å². The van der Waals surface area contributed by atoms with Gasteiger partial charge in [-0.15, -0.1) is 0 Å². The lowest BCUT2D eigenvalue weighted by molar-refractivity contribution is -0.121. The third kappa shape index (κ3) is 8.01. The van der Waals surface area contributed by atoms with Gasteiger partial charge in [0.1, 0.15) is 17.8 Å². The number of unbranched alkanes of at least 4 members (excludes halogenated alkanes) is 1. The van der Waals surface area contributed by atoms with Gasteiger partial charge >= 0.3 is 0 Å². The molecule has 5 N–H and O–H groups in total. The summed E-state index contributed by atoms with van der Waals surface area (Å²) in [7, 11) is 1.73. The number of hydrogen-bond acceptors (Lipinski definition) is 6. The van der Waals surface area contributed by atoms with Crippen LogP contribution in [-0.4, -0.2) is 42.2 Å². The van der Waals surface area contributed by atoms with Gasteiger partial charge in [-0.05, 0) is 37.1 Å². The van der Waals surface area contributed by atoms with Crippen molar-refractivity contribution in [2.45, 2.75) is 31.9 Å². The molecular formula is C21H26F2N6O. The summed E-state index contributed by atoms with van der Waals surface area (Å²) < 4.78 is 26.0. The minimum atomic E-state index is -1.14. The monoisotopic (exact) mass is 416 g/mol. The molecule has 1 aromatic heterocycles. The fourth-order valence-corrected chi connectivity index (χ4v) is 2.44. The highest BCUT2D eigenvalue weighted by Crippen LogP contribution is 2.17. The van der Waals surface area contributed by atoms with E-state index in [-0.39, 0.29) is 31.1 Å². The Hall–Kier alpha value is -3.25. The smallest absolute Gasteiger partial charge is 0.229 e. The lowest BCUT2D eigenvalue weighted by atomic mass is 10.2. The number of amides is 1. The first kappa shape index (κ1) is 23.0. The van der Waals surface area contributed by atoms with Crippen LogP contribution in [0.2, 0.25) is 0 Å². The number of aromatic nitrogens is 2. The molecule has 0 saturated carbocycles. The maximum absolute atomic E-state index is 13.0. The highest BCUT2D eigenvalue weighted by atomic mass is 19.1. The molecule has 1 amide bonds. The summed E-state index contributed by atoms with van der Waals surface area (Å²) in [5.41, 5.74) is 6.49. The molecule has 0 aliphatic carbocycles. The van der Waals surface area contributed by atoms with Crippen LogP contribution >= 0.6 is 0 Å². The van der Waals surface area contributed by atoms with Gasteiger partial charge in [0.05, 0.1) is 11.8 Å². The first-order valence-corrected chi connectivity index (χ1v) is 9.69. The third-order valence-corrected chi connectivity index (χ3v) is 4.09. The van der Waals surface area contributed by atoms with Crippen LogP contribution in [0.5, 0.6) is 0 Å². The molecule has 1 atom stereocenters. The van der Waals surface area contributed by atoms with Crippen molar-refractivity contribution in [1.29, 1.82) is 0 Å². The van der Waals surface area contributed by atoms with Crippen LogP contribution in [0, 0.1) is 17.7 Å². The van der Waals surface area contributed by atoms with Crippen LogP contribution in [0.1, 0.15) is 31.2 Å². The number of anilines is 3. The van der Waals surface area contributed by atoms with Crippen molar-refractivity contribution in [3.63, 3.8) is 0 Å². The van der Waals surface area contributed by atoms with Crippen molar-refractivity contribution in [2.75, 3.05) is 30.8 Å². The highest BCUT2D eigenvalue weighted by Gasteiger charge is 2.07. The zero-order valence-corrected chi connectivity index (χ0v) is 16.8. The van der Waals surface area contributed by atoms with Crippen LogP contribution in [-0.2, 0) is 4.79 Å². The molecule has 1 heterocycles. The topological polar surface area (TPSA) is 105 Å². The Labute approximate surface area is 174 Å². The minimum absolute atomic E-state index is 0.0650. The summed E-state index contributed by atoms with van der Waals surface area (Å²) in [4.78, 5) is 20.2. The predicted molar refractivity (Wildman–Crippen MR) is 114 cm³/mol. The maximum Gasteiger partial charge on any atom is 0.229 e. The molecule has 0 aliphatic heterocycles. The van der Waals surface area contributed by atoms with E-state index in [4.69, 9.17) is 5.73 Å². The molecule has 30 heavy (non-hydrogen) atoms. The van der Waals surface area contributed by atoms with Gasteiger partial charge in [-0.2, -0.15) is 4.98 Å². The summed E-state index contributed by atoms with van der Waals surface area (Å²) in [5, 5.41) is 8.71. The Kier molecular flexibility index (Phi) is 9.48. The molecule has 7 nitrogen and oxygen atoms in total. The van der Waals surface area contributed by atoms with E-state index in [2.05, 4.69) is 37.8 Å². The van der Waals surface area contributed by atoms with E-state index >= 15 is 0 Å². The average Bonchev–Trinajstić information content (AvgIpc) is 2.76. The maximum atomic E-state index is 13.0. The van der Waals surface area contributed by atoms with Gasteiger partial charge in [-0.3, -0.25) is 4.79 Å². The molecule has 0 radical (unpaired) electrons. The number of hydrogen-bond donors (Lipinski definition) is 4. The molecule has 0 saturated heterocycles. The SMILES string of the molecule is CNc1nc(Nc2ccc(F)cc2)ncc1C#CCCCNC(=O)CC[C@H](F)CN. The molecule has 0 fully saturated rings. The van der Waals surface area contributed by atoms with Crippen LogP contribution in [0.4, 0.5) is 26.2 Å². The summed E-state index contributed by atoms with van der Waals surface area (Å²) >= 11 is 0. The van der Waals surface area contributed by atoms with Crippen molar-refractivity contribution in [1.82, 2.24) is 15.3 Å². The Balaban J connectivity index is 1.80. The van der Waals surface area contributed by atoms with Gasteiger partial charge in [0.25, 0.3) is 0 Å². The van der Waals surface area contributed by atoms with Crippen molar-refractivity contribution in [3.05, 3.63) is 41.8 Å². The highest BCUT2D eigenvalue weighted by molar-refractivity contribution is 5.75. The largest absolute Gasteiger partial charge is 0.372 e. The predicted octanol–water partition coefficient (Wildman–Crippen LogP) is 2.73. The van der Waals surface area contributed by atoms with Gasteiger partial charge in [0.15, 0.2) is 0 Å². The van der Waals surface area contributed by atoms with Crippen LogP contribution in [0.3, 0.4) is 0 Å². The Morgan fingerprint density at radius 2 is 2.07 bits per heavy atom. The fraction of sp³-hybridized carbons (Fsp3) is 0.381. The first-order chi connectivity index (χ1) is 14.5. The molecule has 0 spiro atoms. The second-order valence-electron chi connectivity index (χ2n) is 6.46. The fourth-order valence-electron chi connectivity index (χ4n) is 2.44. The number of nitrogens with zero attached hydrogens (tertiary/aromatic N) is 2. The number of benzene rings is 1. The van der Waals surface area contributed by atoms with E-state index in [1.807, 2.05) is 0 Å². The number of halogens is 2. The normalized spacial score (nSPS) is 11.2. The standard InChI is InChI=1S/C21H26F2N6O/c1-25-20-15(5-3-2-4-12-26-19(30)11-8-17(23)13-24)14-27-21(29-20)28-18-9-6-16(22)7-10-18/h6-7,9-10,14,17H,2,4,8,11-13,24H2,1H3,(H,26,30)(H2,25,27,28,29)/t17-/m0/s1. The molecule has 2 aromatic rings. The number of alkyl halides is 1. The Bertz CT molecular complexity index is 879. The lowest BCUT2D eigenvalue weighted by Crippen LogP contribution is -2.26. The molecule has 0 aliphatic rings. The van der Waals surface area contributed by atoms with Crippen molar-refractivity contribution >= 4 is 23.4 Å². The zero-order valence-electron chi connectivity index (χ0n) is 16.8. The van der Waals surface area contributed by atoms with E-state index in [1.54, 1.807) is 25.4 Å². The molecule has 0 unspecified atom stereocenters. The van der Waals surface area contributed by atoms with E-state index in [9.17, 15) is 13.6 Å². The van der Waals surface area contributed by atoms with Gasteiger partial charge in [0.2, 0.25) is 11.9 Å². The van der Waals surface area contributed by atoms with E-state index in [0.29, 0.717) is 42.4 Å².